The van der Waals surface area contributed by atoms with Crippen LogP contribution < -0.4 is 10.6 Å². The minimum atomic E-state index is -0.0901. The second-order valence-corrected chi connectivity index (χ2v) is 7.79. The molecule has 0 unspecified atom stereocenters. The number of amides is 2. The average molecular weight is 337 g/mol. The Morgan fingerprint density at radius 3 is 2.61 bits per heavy atom. The summed E-state index contributed by atoms with van der Waals surface area (Å²) in [6.45, 7) is 6.58. The highest BCUT2D eigenvalue weighted by Gasteiger charge is 2.19. The molecule has 0 radical (unpaired) electrons. The SMILES string of the molecule is Cc1nc(CC(=O)NC2CCCCC2)sc1C(=O)NCC(C)C. The van der Waals surface area contributed by atoms with E-state index in [-0.39, 0.29) is 18.2 Å². The Balaban J connectivity index is 1.89. The summed E-state index contributed by atoms with van der Waals surface area (Å²) in [4.78, 5) is 29.3. The summed E-state index contributed by atoms with van der Waals surface area (Å²) in [5.74, 6) is 0.334. The monoisotopic (exact) mass is 337 g/mol. The quantitative estimate of drug-likeness (QED) is 0.838. The van der Waals surface area contributed by atoms with Crippen LogP contribution in [0.2, 0.25) is 0 Å². The van der Waals surface area contributed by atoms with E-state index in [9.17, 15) is 9.59 Å². The fraction of sp³-hybridized carbons (Fsp3) is 0.706. The number of aromatic nitrogens is 1. The second kappa shape index (κ2) is 8.43. The van der Waals surface area contributed by atoms with Gasteiger partial charge in [0, 0.05) is 12.6 Å². The lowest BCUT2D eigenvalue weighted by molar-refractivity contribution is -0.121. The van der Waals surface area contributed by atoms with Gasteiger partial charge in [-0.25, -0.2) is 4.98 Å². The zero-order chi connectivity index (χ0) is 16.8. The van der Waals surface area contributed by atoms with Crippen molar-refractivity contribution in [3.05, 3.63) is 15.6 Å². The van der Waals surface area contributed by atoms with Gasteiger partial charge in [-0.1, -0.05) is 33.1 Å². The molecule has 2 rings (SSSR count). The lowest BCUT2D eigenvalue weighted by Gasteiger charge is -2.22. The number of thiazole rings is 1. The van der Waals surface area contributed by atoms with E-state index in [0.717, 1.165) is 12.8 Å². The Bertz CT molecular complexity index is 548. The third-order valence-electron chi connectivity index (χ3n) is 4.00. The predicted octanol–water partition coefficient (Wildman–Crippen LogP) is 2.83. The zero-order valence-electron chi connectivity index (χ0n) is 14.3. The number of carbonyl (C=O) groups is 2. The fourth-order valence-electron chi connectivity index (χ4n) is 2.78. The molecule has 2 N–H and O–H groups in total. The van der Waals surface area contributed by atoms with E-state index in [0.29, 0.717) is 34.1 Å². The van der Waals surface area contributed by atoms with Gasteiger partial charge in [-0.15, -0.1) is 11.3 Å². The molecular weight excluding hydrogens is 310 g/mol. The first-order valence-electron chi connectivity index (χ1n) is 8.49. The standard InChI is InChI=1S/C17H27N3O2S/c1-11(2)10-18-17(22)16-12(3)19-15(23-16)9-14(21)20-13-7-5-4-6-8-13/h11,13H,4-10H2,1-3H3,(H,18,22)(H,20,21). The highest BCUT2D eigenvalue weighted by atomic mass is 32.1. The molecule has 1 heterocycles. The molecule has 2 amide bonds. The van der Waals surface area contributed by atoms with Gasteiger partial charge in [0.1, 0.15) is 9.88 Å². The van der Waals surface area contributed by atoms with Crippen molar-refractivity contribution >= 4 is 23.2 Å². The first-order valence-corrected chi connectivity index (χ1v) is 9.31. The molecule has 1 fully saturated rings. The Morgan fingerprint density at radius 1 is 1.26 bits per heavy atom. The zero-order valence-corrected chi connectivity index (χ0v) is 15.1. The number of nitrogens with zero attached hydrogens (tertiary/aromatic N) is 1. The van der Waals surface area contributed by atoms with Crippen LogP contribution in [0.3, 0.4) is 0 Å². The van der Waals surface area contributed by atoms with Crippen molar-refractivity contribution in [2.45, 2.75) is 65.3 Å². The lowest BCUT2D eigenvalue weighted by atomic mass is 9.95. The van der Waals surface area contributed by atoms with Crippen LogP contribution in [0.4, 0.5) is 0 Å². The van der Waals surface area contributed by atoms with Gasteiger partial charge < -0.3 is 10.6 Å². The lowest BCUT2D eigenvalue weighted by Crippen LogP contribution is -2.37. The van der Waals surface area contributed by atoms with Gasteiger partial charge in [-0.3, -0.25) is 9.59 Å². The maximum absolute atomic E-state index is 12.1. The van der Waals surface area contributed by atoms with Gasteiger partial charge in [-0.2, -0.15) is 0 Å². The van der Waals surface area contributed by atoms with Crippen molar-refractivity contribution in [3.63, 3.8) is 0 Å². The average Bonchev–Trinajstić information content (AvgIpc) is 2.86. The number of hydrogen-bond donors (Lipinski definition) is 2. The van der Waals surface area contributed by atoms with Crippen molar-refractivity contribution in [1.82, 2.24) is 15.6 Å². The van der Waals surface area contributed by atoms with Crippen LogP contribution in [0.25, 0.3) is 0 Å². The molecule has 1 aliphatic rings. The summed E-state index contributed by atoms with van der Waals surface area (Å²) in [7, 11) is 0. The van der Waals surface area contributed by atoms with E-state index in [2.05, 4.69) is 29.5 Å². The van der Waals surface area contributed by atoms with Gasteiger partial charge in [0.2, 0.25) is 5.91 Å². The number of aryl methyl sites for hydroxylation is 1. The molecule has 1 aromatic rings. The predicted molar refractivity (Wildman–Crippen MR) is 92.7 cm³/mol. The van der Waals surface area contributed by atoms with Crippen molar-refractivity contribution in [2.75, 3.05) is 6.54 Å². The molecule has 0 atom stereocenters. The molecule has 0 aromatic carbocycles. The first kappa shape index (κ1) is 17.9. The Kier molecular flexibility index (Phi) is 6.57. The summed E-state index contributed by atoms with van der Waals surface area (Å²) in [5, 5.41) is 6.71. The van der Waals surface area contributed by atoms with Crippen LogP contribution in [0.5, 0.6) is 0 Å². The largest absolute Gasteiger partial charge is 0.353 e. The Morgan fingerprint density at radius 2 is 1.96 bits per heavy atom. The van der Waals surface area contributed by atoms with Crippen molar-refractivity contribution in [3.8, 4) is 0 Å². The third-order valence-corrected chi connectivity index (χ3v) is 5.16. The van der Waals surface area contributed by atoms with Crippen LogP contribution in [0.15, 0.2) is 0 Å². The van der Waals surface area contributed by atoms with E-state index >= 15 is 0 Å². The number of hydrogen-bond acceptors (Lipinski definition) is 4. The molecular formula is C17H27N3O2S. The van der Waals surface area contributed by atoms with Crippen LogP contribution in [0, 0.1) is 12.8 Å². The number of rotatable bonds is 6. The summed E-state index contributed by atoms with van der Waals surface area (Å²) in [6.07, 6.45) is 6.08. The summed E-state index contributed by atoms with van der Waals surface area (Å²) in [5.41, 5.74) is 0.705. The van der Waals surface area contributed by atoms with Crippen molar-refractivity contribution in [1.29, 1.82) is 0 Å². The highest BCUT2D eigenvalue weighted by molar-refractivity contribution is 7.13. The van der Waals surface area contributed by atoms with Crippen LogP contribution in [-0.2, 0) is 11.2 Å². The van der Waals surface area contributed by atoms with Gasteiger partial charge in [0.05, 0.1) is 12.1 Å². The molecule has 128 valence electrons. The molecule has 1 aliphatic carbocycles. The summed E-state index contributed by atoms with van der Waals surface area (Å²) in [6, 6.07) is 0.311. The molecule has 0 saturated heterocycles. The normalized spacial score (nSPS) is 15.7. The maximum Gasteiger partial charge on any atom is 0.263 e. The van der Waals surface area contributed by atoms with Crippen LogP contribution in [0.1, 0.15) is 66.3 Å². The highest BCUT2D eigenvalue weighted by Crippen LogP contribution is 2.20. The van der Waals surface area contributed by atoms with Crippen molar-refractivity contribution < 1.29 is 9.59 Å². The molecule has 1 aromatic heterocycles. The van der Waals surface area contributed by atoms with E-state index < -0.39 is 0 Å². The fourth-order valence-corrected chi connectivity index (χ4v) is 3.76. The van der Waals surface area contributed by atoms with Gasteiger partial charge in [-0.05, 0) is 25.7 Å². The summed E-state index contributed by atoms with van der Waals surface area (Å²) < 4.78 is 0. The van der Waals surface area contributed by atoms with E-state index in [1.807, 2.05) is 6.92 Å². The van der Waals surface area contributed by atoms with Crippen LogP contribution in [-0.4, -0.2) is 29.4 Å². The molecule has 23 heavy (non-hydrogen) atoms. The molecule has 0 aliphatic heterocycles. The van der Waals surface area contributed by atoms with E-state index in [1.165, 1.54) is 30.6 Å². The molecule has 5 nitrogen and oxygen atoms in total. The van der Waals surface area contributed by atoms with Gasteiger partial charge in [0.25, 0.3) is 5.91 Å². The van der Waals surface area contributed by atoms with Crippen LogP contribution >= 0.6 is 11.3 Å². The minimum absolute atomic E-state index is 0.0137. The Labute approximate surface area is 142 Å². The van der Waals surface area contributed by atoms with E-state index in [1.54, 1.807) is 0 Å². The second-order valence-electron chi connectivity index (χ2n) is 6.71. The number of nitrogens with one attached hydrogen (secondary N) is 2. The Hall–Kier alpha value is -1.43. The third kappa shape index (κ3) is 5.61. The minimum Gasteiger partial charge on any atom is -0.353 e. The topological polar surface area (TPSA) is 71.1 Å². The molecule has 0 spiro atoms. The van der Waals surface area contributed by atoms with Gasteiger partial charge >= 0.3 is 0 Å². The molecule has 1 saturated carbocycles. The molecule has 0 bridgehead atoms. The summed E-state index contributed by atoms with van der Waals surface area (Å²) >= 11 is 1.33. The maximum atomic E-state index is 12.1. The first-order chi connectivity index (χ1) is 11.0. The van der Waals surface area contributed by atoms with Gasteiger partial charge in [0.15, 0.2) is 0 Å². The number of carbonyl (C=O) groups excluding carboxylic acids is 2. The smallest absolute Gasteiger partial charge is 0.263 e. The molecule has 6 heteroatoms. The van der Waals surface area contributed by atoms with Crippen molar-refractivity contribution in [2.24, 2.45) is 5.92 Å². The van der Waals surface area contributed by atoms with E-state index in [4.69, 9.17) is 0 Å².